The lowest BCUT2D eigenvalue weighted by Gasteiger charge is -2.22. The zero-order valence-corrected chi connectivity index (χ0v) is 16.0. The molecule has 0 unspecified atom stereocenters. The number of carbonyl (C=O) groups excluding carboxylic acids is 1. The fraction of sp³-hybridized carbons (Fsp3) is 0.333. The van der Waals surface area contributed by atoms with E-state index in [0.717, 1.165) is 53.9 Å². The number of amides is 1. The summed E-state index contributed by atoms with van der Waals surface area (Å²) in [5, 5.41) is 3.07. The zero-order valence-electron chi connectivity index (χ0n) is 16.0. The van der Waals surface area contributed by atoms with Gasteiger partial charge in [-0.3, -0.25) is 13.9 Å². The van der Waals surface area contributed by atoms with Crippen LogP contribution in [0.25, 0.3) is 11.0 Å². The lowest BCUT2D eigenvalue weighted by atomic mass is 10.1. The van der Waals surface area contributed by atoms with E-state index in [2.05, 4.69) is 10.2 Å². The maximum Gasteiger partial charge on any atom is 0.328 e. The summed E-state index contributed by atoms with van der Waals surface area (Å²) in [6.07, 6.45) is 2.27. The van der Waals surface area contributed by atoms with Gasteiger partial charge in [-0.25, -0.2) is 4.79 Å². The van der Waals surface area contributed by atoms with Gasteiger partial charge >= 0.3 is 5.69 Å². The summed E-state index contributed by atoms with van der Waals surface area (Å²) in [6.45, 7) is 3.91. The van der Waals surface area contributed by atoms with E-state index in [0.29, 0.717) is 5.56 Å². The second-order valence-corrected chi connectivity index (χ2v) is 7.27. The van der Waals surface area contributed by atoms with Gasteiger partial charge in [0.05, 0.1) is 22.4 Å². The molecule has 0 aliphatic carbocycles. The highest BCUT2D eigenvalue weighted by molar-refractivity contribution is 6.07. The predicted octanol–water partition coefficient (Wildman–Crippen LogP) is 3.04. The van der Waals surface area contributed by atoms with Crippen LogP contribution in [0.15, 0.2) is 41.2 Å². The summed E-state index contributed by atoms with van der Waals surface area (Å²) in [7, 11) is 3.54. The number of benzene rings is 2. The number of imidazole rings is 1. The molecule has 1 N–H and O–H groups in total. The van der Waals surface area contributed by atoms with Crippen LogP contribution in [0, 0.1) is 6.92 Å². The van der Waals surface area contributed by atoms with Gasteiger partial charge in [0.15, 0.2) is 0 Å². The molecular formula is C21H24N4O2. The fourth-order valence-electron chi connectivity index (χ4n) is 3.75. The van der Waals surface area contributed by atoms with E-state index >= 15 is 0 Å². The van der Waals surface area contributed by atoms with Crippen molar-refractivity contribution < 1.29 is 4.79 Å². The van der Waals surface area contributed by atoms with Gasteiger partial charge in [-0.05, 0) is 44.0 Å². The third-order valence-corrected chi connectivity index (χ3v) is 5.40. The normalized spacial score (nSPS) is 14.1. The molecule has 6 nitrogen and oxygen atoms in total. The van der Waals surface area contributed by atoms with Crippen molar-refractivity contribution in [2.24, 2.45) is 14.1 Å². The Morgan fingerprint density at radius 3 is 2.19 bits per heavy atom. The lowest BCUT2D eigenvalue weighted by molar-refractivity contribution is 0.102. The highest BCUT2D eigenvalue weighted by Crippen LogP contribution is 2.33. The van der Waals surface area contributed by atoms with Crippen LogP contribution >= 0.6 is 0 Å². The molecule has 2 heterocycles. The van der Waals surface area contributed by atoms with Gasteiger partial charge < -0.3 is 10.2 Å². The number of aryl methyl sites for hydroxylation is 3. The van der Waals surface area contributed by atoms with Crippen molar-refractivity contribution in [1.82, 2.24) is 9.13 Å². The van der Waals surface area contributed by atoms with Gasteiger partial charge in [-0.2, -0.15) is 0 Å². The van der Waals surface area contributed by atoms with Gasteiger partial charge in [0.2, 0.25) is 0 Å². The first-order valence-corrected chi connectivity index (χ1v) is 9.28. The summed E-state index contributed by atoms with van der Waals surface area (Å²) in [6, 6.07) is 11.5. The third-order valence-electron chi connectivity index (χ3n) is 5.40. The highest BCUT2D eigenvalue weighted by atomic mass is 16.2. The Labute approximate surface area is 158 Å². The van der Waals surface area contributed by atoms with Crippen molar-refractivity contribution in [1.29, 1.82) is 0 Å². The molecule has 1 amide bonds. The Bertz CT molecular complexity index is 1070. The third kappa shape index (κ3) is 3.01. The molecule has 140 valence electrons. The average molecular weight is 364 g/mol. The van der Waals surface area contributed by atoms with E-state index in [9.17, 15) is 9.59 Å². The molecule has 3 aromatic rings. The summed E-state index contributed by atoms with van der Waals surface area (Å²) >= 11 is 0. The van der Waals surface area contributed by atoms with Crippen LogP contribution < -0.4 is 15.9 Å². The first-order valence-electron chi connectivity index (χ1n) is 9.28. The Morgan fingerprint density at radius 2 is 1.56 bits per heavy atom. The fourth-order valence-corrected chi connectivity index (χ4v) is 3.75. The Hall–Kier alpha value is -3.02. The molecule has 0 atom stereocenters. The van der Waals surface area contributed by atoms with Crippen molar-refractivity contribution in [2.75, 3.05) is 23.3 Å². The van der Waals surface area contributed by atoms with Gasteiger partial charge in [0.1, 0.15) is 0 Å². The van der Waals surface area contributed by atoms with E-state index in [1.165, 1.54) is 0 Å². The molecule has 27 heavy (non-hydrogen) atoms. The predicted molar refractivity (Wildman–Crippen MR) is 109 cm³/mol. The van der Waals surface area contributed by atoms with Crippen molar-refractivity contribution in [2.45, 2.75) is 19.8 Å². The number of anilines is 2. The second-order valence-electron chi connectivity index (χ2n) is 7.27. The number of nitrogens with one attached hydrogen (secondary N) is 1. The Balaban J connectivity index is 1.80. The minimum Gasteiger partial charge on any atom is -0.370 e. The Morgan fingerprint density at radius 1 is 0.963 bits per heavy atom. The summed E-state index contributed by atoms with van der Waals surface area (Å²) in [4.78, 5) is 27.4. The van der Waals surface area contributed by atoms with Crippen LogP contribution in [-0.2, 0) is 14.1 Å². The number of aromatic nitrogens is 2. The molecule has 2 aromatic carbocycles. The minimum atomic E-state index is -0.143. The van der Waals surface area contributed by atoms with E-state index in [1.54, 1.807) is 23.2 Å². The molecule has 1 aromatic heterocycles. The molecule has 0 spiro atoms. The van der Waals surface area contributed by atoms with Crippen molar-refractivity contribution in [3.05, 3.63) is 58.0 Å². The Kier molecular flexibility index (Phi) is 4.26. The van der Waals surface area contributed by atoms with Crippen LogP contribution in [-0.4, -0.2) is 28.1 Å². The van der Waals surface area contributed by atoms with Crippen molar-refractivity contribution in [3.8, 4) is 0 Å². The van der Waals surface area contributed by atoms with Crippen LogP contribution in [0.5, 0.6) is 0 Å². The SMILES string of the molecule is Cc1ccc(C(=O)Nc2cc3c(cc2N2CCCC2)n(C)c(=O)n3C)cc1. The molecule has 1 saturated heterocycles. The quantitative estimate of drug-likeness (QED) is 0.777. The van der Waals surface area contributed by atoms with Crippen molar-refractivity contribution >= 4 is 28.3 Å². The number of hydrogen-bond donors (Lipinski definition) is 1. The van der Waals surface area contributed by atoms with Gasteiger partial charge in [0.25, 0.3) is 5.91 Å². The molecule has 0 radical (unpaired) electrons. The smallest absolute Gasteiger partial charge is 0.328 e. The van der Waals surface area contributed by atoms with Gasteiger partial charge in [-0.15, -0.1) is 0 Å². The molecule has 1 aliphatic rings. The van der Waals surface area contributed by atoms with E-state index in [4.69, 9.17) is 0 Å². The standard InChI is InChI=1S/C21H24N4O2/c1-14-6-8-15(9-7-14)20(26)22-16-12-18-19(24(3)21(27)23(18)2)13-17(16)25-10-4-5-11-25/h6-9,12-13H,4-5,10-11H2,1-3H3,(H,22,26). The molecule has 1 aliphatic heterocycles. The molecule has 0 saturated carbocycles. The maximum atomic E-state index is 12.8. The minimum absolute atomic E-state index is 0.0700. The number of nitrogens with zero attached hydrogens (tertiary/aromatic N) is 3. The number of fused-ring (bicyclic) bond motifs is 1. The molecule has 0 bridgehead atoms. The number of hydrogen-bond acceptors (Lipinski definition) is 3. The highest BCUT2D eigenvalue weighted by Gasteiger charge is 2.21. The van der Waals surface area contributed by atoms with E-state index in [-0.39, 0.29) is 11.6 Å². The van der Waals surface area contributed by atoms with Gasteiger partial charge in [-0.1, -0.05) is 17.7 Å². The van der Waals surface area contributed by atoms with E-state index < -0.39 is 0 Å². The maximum absolute atomic E-state index is 12.8. The monoisotopic (exact) mass is 364 g/mol. The largest absolute Gasteiger partial charge is 0.370 e. The van der Waals surface area contributed by atoms with Crippen LogP contribution in [0.1, 0.15) is 28.8 Å². The summed E-state index contributed by atoms with van der Waals surface area (Å²) in [5.41, 5.74) is 5.07. The number of rotatable bonds is 3. The molecule has 4 rings (SSSR count). The first kappa shape index (κ1) is 17.4. The molecule has 6 heteroatoms. The van der Waals surface area contributed by atoms with Crippen LogP contribution in [0.3, 0.4) is 0 Å². The summed E-state index contributed by atoms with van der Waals surface area (Å²) in [5.74, 6) is -0.143. The van der Waals surface area contributed by atoms with Crippen molar-refractivity contribution in [3.63, 3.8) is 0 Å². The first-order chi connectivity index (χ1) is 13.0. The lowest BCUT2D eigenvalue weighted by Crippen LogP contribution is -2.21. The van der Waals surface area contributed by atoms with Crippen LogP contribution in [0.2, 0.25) is 0 Å². The summed E-state index contributed by atoms with van der Waals surface area (Å²) < 4.78 is 3.27. The zero-order chi connectivity index (χ0) is 19.1. The molecule has 1 fully saturated rings. The number of carbonyl (C=O) groups is 1. The topological polar surface area (TPSA) is 59.3 Å². The van der Waals surface area contributed by atoms with Crippen LogP contribution in [0.4, 0.5) is 11.4 Å². The van der Waals surface area contributed by atoms with E-state index in [1.807, 2.05) is 43.3 Å². The van der Waals surface area contributed by atoms with Gasteiger partial charge in [0, 0.05) is 32.7 Å². The second kappa shape index (κ2) is 6.61. The molecular weight excluding hydrogens is 340 g/mol. The average Bonchev–Trinajstić information content (AvgIpc) is 3.26.